The minimum absolute atomic E-state index is 0.0322. The van der Waals surface area contributed by atoms with Gasteiger partial charge < -0.3 is 15.1 Å². The van der Waals surface area contributed by atoms with Crippen LogP contribution in [0.2, 0.25) is 0 Å². The van der Waals surface area contributed by atoms with Crippen molar-refractivity contribution in [1.82, 2.24) is 15.0 Å². The average molecular weight is 396 g/mol. The largest absolute Gasteiger partial charge is 0.353 e. The number of hydrogen-bond donors (Lipinski definition) is 1. The number of pyridine rings is 1. The maximum atomic E-state index is 13.8. The van der Waals surface area contributed by atoms with Gasteiger partial charge in [-0.2, -0.15) is 0 Å². The lowest BCUT2D eigenvalue weighted by atomic mass is 10.2. The third-order valence-electron chi connectivity index (χ3n) is 4.66. The molecule has 3 heterocycles. The Morgan fingerprint density at radius 1 is 0.862 bits per heavy atom. The van der Waals surface area contributed by atoms with Crippen LogP contribution < -0.4 is 15.1 Å². The van der Waals surface area contributed by atoms with E-state index in [0.29, 0.717) is 18.9 Å². The molecule has 7 nitrogen and oxygen atoms in total. The molecule has 1 saturated heterocycles. The second-order valence-electron chi connectivity index (χ2n) is 6.47. The molecule has 1 aromatic carbocycles. The van der Waals surface area contributed by atoms with E-state index >= 15 is 0 Å². The van der Waals surface area contributed by atoms with Crippen molar-refractivity contribution in [2.24, 2.45) is 0 Å². The van der Waals surface area contributed by atoms with Gasteiger partial charge in [0.15, 0.2) is 0 Å². The summed E-state index contributed by atoms with van der Waals surface area (Å²) >= 11 is 0. The van der Waals surface area contributed by atoms with Crippen molar-refractivity contribution >= 4 is 23.2 Å². The molecular weight excluding hydrogens is 378 g/mol. The van der Waals surface area contributed by atoms with Crippen molar-refractivity contribution in [3.05, 3.63) is 72.3 Å². The molecule has 0 unspecified atom stereocenters. The van der Waals surface area contributed by atoms with Gasteiger partial charge in [0, 0.05) is 38.4 Å². The van der Waals surface area contributed by atoms with Crippen molar-refractivity contribution in [2.75, 3.05) is 41.3 Å². The molecule has 0 radical (unpaired) electrons. The number of nitrogens with one attached hydrogen (secondary N) is 1. The van der Waals surface area contributed by atoms with Gasteiger partial charge in [0.2, 0.25) is 0 Å². The Hall–Kier alpha value is -3.62. The predicted octanol–water partition coefficient (Wildman–Crippen LogP) is 2.73. The molecule has 1 amide bonds. The molecule has 4 rings (SSSR count). The lowest BCUT2D eigenvalue weighted by Gasteiger charge is -2.36. The summed E-state index contributed by atoms with van der Waals surface area (Å²) in [5.41, 5.74) is -0.466. The minimum Gasteiger partial charge on any atom is -0.353 e. The smallest absolute Gasteiger partial charge is 0.274 e. The van der Waals surface area contributed by atoms with Gasteiger partial charge in [-0.3, -0.25) is 4.79 Å². The van der Waals surface area contributed by atoms with Gasteiger partial charge in [-0.25, -0.2) is 23.7 Å². The van der Waals surface area contributed by atoms with E-state index in [2.05, 4.69) is 25.2 Å². The standard InChI is InChI=1S/C20H18F2N6O/c21-14-4-3-5-15(22)19(14)26-20(29)16-12-18(25-13-24-16)28-10-8-27(9-11-28)17-6-1-2-7-23-17/h1-7,12-13H,8-11H2,(H,26,29). The molecule has 0 atom stereocenters. The first kappa shape index (κ1) is 18.7. The molecule has 0 aliphatic carbocycles. The molecule has 0 bridgehead atoms. The van der Waals surface area contributed by atoms with E-state index in [0.717, 1.165) is 31.0 Å². The zero-order chi connectivity index (χ0) is 20.2. The first-order valence-electron chi connectivity index (χ1n) is 9.10. The zero-order valence-electron chi connectivity index (χ0n) is 15.4. The van der Waals surface area contributed by atoms with Crippen LogP contribution in [0, 0.1) is 11.6 Å². The van der Waals surface area contributed by atoms with Gasteiger partial charge in [0.25, 0.3) is 5.91 Å². The van der Waals surface area contributed by atoms with Crippen LogP contribution in [0.5, 0.6) is 0 Å². The molecule has 3 aromatic rings. The highest BCUT2D eigenvalue weighted by Gasteiger charge is 2.21. The predicted molar refractivity (Wildman–Crippen MR) is 105 cm³/mol. The van der Waals surface area contributed by atoms with Crippen LogP contribution in [-0.2, 0) is 0 Å². The number of carbonyl (C=O) groups excluding carboxylic acids is 1. The van der Waals surface area contributed by atoms with Gasteiger partial charge in [0.1, 0.15) is 41.0 Å². The molecular formula is C20H18F2N6O. The molecule has 148 valence electrons. The van der Waals surface area contributed by atoms with E-state index < -0.39 is 23.2 Å². The number of hydrogen-bond acceptors (Lipinski definition) is 6. The van der Waals surface area contributed by atoms with E-state index in [9.17, 15) is 13.6 Å². The number of halogens is 2. The van der Waals surface area contributed by atoms with Crippen LogP contribution in [0.25, 0.3) is 0 Å². The Labute approximate surface area is 166 Å². The van der Waals surface area contributed by atoms with Gasteiger partial charge in [-0.15, -0.1) is 0 Å². The van der Waals surface area contributed by atoms with Gasteiger partial charge in [0.05, 0.1) is 0 Å². The first-order chi connectivity index (χ1) is 14.1. The van der Waals surface area contributed by atoms with Crippen molar-refractivity contribution in [2.45, 2.75) is 0 Å². The van der Waals surface area contributed by atoms with Gasteiger partial charge >= 0.3 is 0 Å². The number of para-hydroxylation sites is 1. The fourth-order valence-corrected chi connectivity index (χ4v) is 3.14. The molecule has 29 heavy (non-hydrogen) atoms. The van der Waals surface area contributed by atoms with Crippen molar-refractivity contribution < 1.29 is 13.6 Å². The molecule has 1 N–H and O–H groups in total. The summed E-state index contributed by atoms with van der Waals surface area (Å²) in [6.45, 7) is 2.89. The summed E-state index contributed by atoms with van der Waals surface area (Å²) in [5.74, 6) is -0.900. The Morgan fingerprint density at radius 2 is 1.55 bits per heavy atom. The third kappa shape index (κ3) is 4.13. The summed E-state index contributed by atoms with van der Waals surface area (Å²) < 4.78 is 27.5. The second kappa shape index (κ2) is 8.17. The van der Waals surface area contributed by atoms with E-state index in [-0.39, 0.29) is 5.69 Å². The molecule has 1 aliphatic rings. The van der Waals surface area contributed by atoms with Crippen LogP contribution in [0.4, 0.5) is 26.1 Å². The Morgan fingerprint density at radius 3 is 2.21 bits per heavy atom. The SMILES string of the molecule is O=C(Nc1c(F)cccc1F)c1cc(N2CCN(c3ccccn3)CC2)ncn1. The van der Waals surface area contributed by atoms with E-state index in [1.807, 2.05) is 23.1 Å². The number of rotatable bonds is 4. The van der Waals surface area contributed by atoms with Crippen LogP contribution in [0.3, 0.4) is 0 Å². The molecule has 2 aromatic heterocycles. The molecule has 1 fully saturated rings. The molecule has 9 heteroatoms. The second-order valence-corrected chi connectivity index (χ2v) is 6.47. The average Bonchev–Trinajstić information content (AvgIpc) is 2.77. The normalized spacial score (nSPS) is 14.0. The fraction of sp³-hybridized carbons (Fsp3) is 0.200. The van der Waals surface area contributed by atoms with Crippen molar-refractivity contribution in [3.63, 3.8) is 0 Å². The van der Waals surface area contributed by atoms with Crippen LogP contribution in [-0.4, -0.2) is 47.0 Å². The van der Waals surface area contributed by atoms with Gasteiger partial charge in [-0.1, -0.05) is 12.1 Å². The highest BCUT2D eigenvalue weighted by atomic mass is 19.1. The number of anilines is 3. The Kier molecular flexibility index (Phi) is 5.28. The van der Waals surface area contributed by atoms with Crippen molar-refractivity contribution in [1.29, 1.82) is 0 Å². The Bertz CT molecular complexity index is 989. The number of carbonyl (C=O) groups is 1. The third-order valence-corrected chi connectivity index (χ3v) is 4.66. The first-order valence-corrected chi connectivity index (χ1v) is 9.10. The maximum absolute atomic E-state index is 13.8. The quantitative estimate of drug-likeness (QED) is 0.731. The molecule has 1 aliphatic heterocycles. The Balaban J connectivity index is 1.44. The maximum Gasteiger partial charge on any atom is 0.274 e. The lowest BCUT2D eigenvalue weighted by molar-refractivity contribution is 0.102. The van der Waals surface area contributed by atoms with Crippen LogP contribution >= 0.6 is 0 Å². The summed E-state index contributed by atoms with van der Waals surface area (Å²) in [4.78, 5) is 29.2. The number of piperazine rings is 1. The summed E-state index contributed by atoms with van der Waals surface area (Å²) in [6, 6.07) is 10.7. The lowest BCUT2D eigenvalue weighted by Crippen LogP contribution is -2.47. The van der Waals surface area contributed by atoms with Gasteiger partial charge in [-0.05, 0) is 24.3 Å². The number of amides is 1. The zero-order valence-corrected chi connectivity index (χ0v) is 15.4. The summed E-state index contributed by atoms with van der Waals surface area (Å²) in [5, 5.41) is 2.24. The molecule has 0 saturated carbocycles. The fourth-order valence-electron chi connectivity index (χ4n) is 3.14. The highest BCUT2D eigenvalue weighted by Crippen LogP contribution is 2.20. The highest BCUT2D eigenvalue weighted by molar-refractivity contribution is 6.03. The topological polar surface area (TPSA) is 74.2 Å². The van der Waals surface area contributed by atoms with Crippen LogP contribution in [0.15, 0.2) is 55.0 Å². The minimum atomic E-state index is -0.849. The van der Waals surface area contributed by atoms with E-state index in [1.165, 1.54) is 18.5 Å². The van der Waals surface area contributed by atoms with Crippen molar-refractivity contribution in [3.8, 4) is 0 Å². The summed E-state index contributed by atoms with van der Waals surface area (Å²) in [6.07, 6.45) is 3.03. The van der Waals surface area contributed by atoms with E-state index in [1.54, 1.807) is 6.20 Å². The monoisotopic (exact) mass is 396 g/mol. The van der Waals surface area contributed by atoms with Crippen LogP contribution in [0.1, 0.15) is 10.5 Å². The number of benzene rings is 1. The molecule has 0 spiro atoms. The number of nitrogens with zero attached hydrogens (tertiary/aromatic N) is 5. The number of aromatic nitrogens is 3. The van der Waals surface area contributed by atoms with E-state index in [4.69, 9.17) is 0 Å². The summed E-state index contributed by atoms with van der Waals surface area (Å²) in [7, 11) is 0.